The monoisotopic (exact) mass is 358 g/mol. The maximum absolute atomic E-state index is 12.0. The van der Waals surface area contributed by atoms with E-state index in [1.54, 1.807) is 0 Å². The van der Waals surface area contributed by atoms with Crippen molar-refractivity contribution in [1.29, 1.82) is 0 Å². The average Bonchev–Trinajstić information content (AvgIpc) is 3.05. The minimum Gasteiger partial charge on any atom is -0.465 e. The molecule has 0 N–H and O–H groups in total. The molecule has 0 atom stereocenters. The topological polar surface area (TPSA) is 32.8 Å². The molecule has 3 aromatic rings. The maximum Gasteiger partial charge on any atom is 0.337 e. The second kappa shape index (κ2) is 7.64. The molecule has 0 radical (unpaired) electrons. The zero-order valence-electron chi connectivity index (χ0n) is 15.3. The van der Waals surface area contributed by atoms with Crippen molar-refractivity contribution in [3.8, 4) is 0 Å². The highest BCUT2D eigenvalue weighted by Crippen LogP contribution is 2.34. The number of carbonyl (C=O) groups is 1. The number of methoxy groups -OCH3 is 1. The molecule has 0 saturated heterocycles. The SMILES string of the molecule is COC(=O)c1ccc2c(c1)N(Cc1ccccc1)N(Cc1ccccc1)C2. The summed E-state index contributed by atoms with van der Waals surface area (Å²) in [6, 6.07) is 26.7. The van der Waals surface area contributed by atoms with Gasteiger partial charge in [0, 0.05) is 13.1 Å². The fourth-order valence-electron chi connectivity index (χ4n) is 3.49. The maximum atomic E-state index is 12.0. The smallest absolute Gasteiger partial charge is 0.337 e. The summed E-state index contributed by atoms with van der Waals surface area (Å²) in [5.74, 6) is -0.307. The lowest BCUT2D eigenvalue weighted by atomic mass is 10.1. The lowest BCUT2D eigenvalue weighted by Crippen LogP contribution is -2.36. The molecular weight excluding hydrogens is 336 g/mol. The van der Waals surface area contributed by atoms with Crippen molar-refractivity contribution in [3.63, 3.8) is 0 Å². The van der Waals surface area contributed by atoms with E-state index in [1.807, 2.05) is 30.3 Å². The van der Waals surface area contributed by atoms with Crippen molar-refractivity contribution in [1.82, 2.24) is 5.01 Å². The van der Waals surface area contributed by atoms with Crippen LogP contribution in [-0.4, -0.2) is 18.1 Å². The number of hydrazine groups is 1. The number of hydrogen-bond donors (Lipinski definition) is 0. The van der Waals surface area contributed by atoms with Crippen LogP contribution in [-0.2, 0) is 24.4 Å². The number of anilines is 1. The Morgan fingerprint density at radius 1 is 0.889 bits per heavy atom. The van der Waals surface area contributed by atoms with Gasteiger partial charge in [-0.15, -0.1) is 0 Å². The minimum absolute atomic E-state index is 0.307. The second-order valence-corrected chi connectivity index (χ2v) is 6.69. The quantitative estimate of drug-likeness (QED) is 0.633. The van der Waals surface area contributed by atoms with Crippen LogP contribution in [0, 0.1) is 0 Å². The third kappa shape index (κ3) is 3.71. The lowest BCUT2D eigenvalue weighted by Gasteiger charge is -2.30. The van der Waals surface area contributed by atoms with Crippen LogP contribution < -0.4 is 5.01 Å². The number of rotatable bonds is 5. The van der Waals surface area contributed by atoms with Gasteiger partial charge in [0.05, 0.1) is 24.9 Å². The Balaban J connectivity index is 1.67. The van der Waals surface area contributed by atoms with Crippen molar-refractivity contribution < 1.29 is 9.53 Å². The molecule has 3 aromatic carbocycles. The number of hydrogen-bond acceptors (Lipinski definition) is 4. The van der Waals surface area contributed by atoms with Crippen molar-refractivity contribution >= 4 is 11.7 Å². The number of carbonyl (C=O) groups excluding carboxylic acids is 1. The molecule has 0 unspecified atom stereocenters. The first-order valence-electron chi connectivity index (χ1n) is 9.06. The van der Waals surface area contributed by atoms with Crippen LogP contribution >= 0.6 is 0 Å². The van der Waals surface area contributed by atoms with Gasteiger partial charge in [-0.25, -0.2) is 9.80 Å². The van der Waals surface area contributed by atoms with E-state index in [0.717, 1.165) is 25.3 Å². The van der Waals surface area contributed by atoms with Crippen LogP contribution in [0.4, 0.5) is 5.69 Å². The molecule has 0 fully saturated rings. The minimum atomic E-state index is -0.307. The highest BCUT2D eigenvalue weighted by Gasteiger charge is 2.28. The molecule has 0 aromatic heterocycles. The molecule has 0 bridgehead atoms. The summed E-state index contributed by atoms with van der Waals surface area (Å²) in [6.45, 7) is 2.39. The number of nitrogens with zero attached hydrogens (tertiary/aromatic N) is 2. The second-order valence-electron chi connectivity index (χ2n) is 6.69. The Bertz CT molecular complexity index is 926. The molecule has 0 saturated carbocycles. The summed E-state index contributed by atoms with van der Waals surface area (Å²) in [7, 11) is 1.42. The van der Waals surface area contributed by atoms with Crippen LogP contribution in [0.3, 0.4) is 0 Å². The first-order valence-corrected chi connectivity index (χ1v) is 9.06. The predicted molar refractivity (Wildman–Crippen MR) is 106 cm³/mol. The summed E-state index contributed by atoms with van der Waals surface area (Å²) >= 11 is 0. The predicted octanol–water partition coefficient (Wildman–Crippen LogP) is 4.41. The van der Waals surface area contributed by atoms with Gasteiger partial charge in [-0.1, -0.05) is 66.7 Å². The Labute approximate surface area is 159 Å². The number of esters is 1. The summed E-state index contributed by atoms with van der Waals surface area (Å²) < 4.78 is 4.90. The molecular formula is C23H22N2O2. The van der Waals surface area contributed by atoms with E-state index in [9.17, 15) is 4.79 Å². The Morgan fingerprint density at radius 3 is 2.15 bits per heavy atom. The van der Waals surface area contributed by atoms with Crippen molar-refractivity contribution in [2.75, 3.05) is 12.1 Å². The molecule has 1 aliphatic heterocycles. The zero-order chi connectivity index (χ0) is 18.6. The fraction of sp³-hybridized carbons (Fsp3) is 0.174. The zero-order valence-corrected chi connectivity index (χ0v) is 15.3. The normalized spacial score (nSPS) is 13.4. The number of fused-ring (bicyclic) bond motifs is 1. The van der Waals surface area contributed by atoms with Gasteiger partial charge in [-0.05, 0) is 28.8 Å². The van der Waals surface area contributed by atoms with E-state index in [-0.39, 0.29) is 5.97 Å². The van der Waals surface area contributed by atoms with Gasteiger partial charge in [0.15, 0.2) is 0 Å². The highest BCUT2D eigenvalue weighted by molar-refractivity contribution is 5.91. The first kappa shape index (κ1) is 17.3. The van der Waals surface area contributed by atoms with Crippen LogP contribution in [0.15, 0.2) is 78.9 Å². The van der Waals surface area contributed by atoms with Crippen molar-refractivity contribution in [3.05, 3.63) is 101 Å². The summed E-state index contributed by atoms with van der Waals surface area (Å²) in [5, 5.41) is 4.60. The fourth-order valence-corrected chi connectivity index (χ4v) is 3.49. The van der Waals surface area contributed by atoms with Gasteiger partial charge < -0.3 is 9.75 Å². The van der Waals surface area contributed by atoms with Crippen molar-refractivity contribution in [2.24, 2.45) is 0 Å². The average molecular weight is 358 g/mol. The summed E-state index contributed by atoms with van der Waals surface area (Å²) in [4.78, 5) is 12.0. The molecule has 0 aliphatic carbocycles. The lowest BCUT2D eigenvalue weighted by molar-refractivity contribution is 0.0601. The molecule has 0 spiro atoms. The molecule has 1 aliphatic rings. The molecule has 27 heavy (non-hydrogen) atoms. The third-order valence-electron chi connectivity index (χ3n) is 4.86. The van der Waals surface area contributed by atoms with E-state index in [1.165, 1.54) is 23.8 Å². The first-order chi connectivity index (χ1) is 13.2. The standard InChI is InChI=1S/C23H22N2O2/c1-27-23(26)20-12-13-21-17-24(15-18-8-4-2-5-9-18)25(22(21)14-20)16-19-10-6-3-7-11-19/h2-14H,15-17H2,1H3. The largest absolute Gasteiger partial charge is 0.465 e. The van der Waals surface area contributed by atoms with Crippen LogP contribution in [0.1, 0.15) is 27.0 Å². The van der Waals surface area contributed by atoms with E-state index in [2.05, 4.69) is 58.5 Å². The molecule has 4 rings (SSSR count). The van der Waals surface area contributed by atoms with Crippen LogP contribution in [0.25, 0.3) is 0 Å². The molecule has 1 heterocycles. The Kier molecular flexibility index (Phi) is 4.90. The van der Waals surface area contributed by atoms with Crippen LogP contribution in [0.2, 0.25) is 0 Å². The Hall–Kier alpha value is -3.11. The third-order valence-corrected chi connectivity index (χ3v) is 4.86. The van der Waals surface area contributed by atoms with Gasteiger partial charge in [0.2, 0.25) is 0 Å². The summed E-state index contributed by atoms with van der Waals surface area (Å²) in [5.41, 5.74) is 5.35. The molecule has 0 amide bonds. The van der Waals surface area contributed by atoms with E-state index >= 15 is 0 Å². The number of benzene rings is 3. The molecule has 136 valence electrons. The summed E-state index contributed by atoms with van der Waals surface area (Å²) in [6.07, 6.45) is 0. The Morgan fingerprint density at radius 2 is 1.52 bits per heavy atom. The van der Waals surface area contributed by atoms with Crippen molar-refractivity contribution in [2.45, 2.75) is 19.6 Å². The van der Waals surface area contributed by atoms with E-state index < -0.39 is 0 Å². The van der Waals surface area contributed by atoms with E-state index in [4.69, 9.17) is 4.74 Å². The number of ether oxygens (including phenoxy) is 1. The molecule has 4 heteroatoms. The van der Waals surface area contributed by atoms with Crippen LogP contribution in [0.5, 0.6) is 0 Å². The highest BCUT2D eigenvalue weighted by atomic mass is 16.5. The van der Waals surface area contributed by atoms with Gasteiger partial charge in [-0.3, -0.25) is 0 Å². The van der Waals surface area contributed by atoms with E-state index in [0.29, 0.717) is 5.56 Å². The molecule has 4 nitrogen and oxygen atoms in total. The van der Waals surface area contributed by atoms with Gasteiger partial charge >= 0.3 is 5.97 Å². The van der Waals surface area contributed by atoms with Gasteiger partial charge in [-0.2, -0.15) is 0 Å². The van der Waals surface area contributed by atoms with Gasteiger partial charge in [0.25, 0.3) is 0 Å². The van der Waals surface area contributed by atoms with Gasteiger partial charge in [0.1, 0.15) is 0 Å².